The Bertz CT molecular complexity index is 658. The van der Waals surface area contributed by atoms with E-state index < -0.39 is 0 Å². The van der Waals surface area contributed by atoms with Crippen LogP contribution in [0.5, 0.6) is 5.75 Å². The number of amides is 1. The molecule has 0 radical (unpaired) electrons. The first-order chi connectivity index (χ1) is 10.7. The van der Waals surface area contributed by atoms with Crippen LogP contribution >= 0.6 is 0 Å². The van der Waals surface area contributed by atoms with Gasteiger partial charge < -0.3 is 10.1 Å². The predicted molar refractivity (Wildman–Crippen MR) is 82.7 cm³/mol. The number of hydrogen-bond donors (Lipinski definition) is 1. The number of ether oxygens (including phenoxy) is 1. The molecule has 1 N–H and O–H groups in total. The van der Waals surface area contributed by atoms with Crippen LogP contribution in [0.15, 0.2) is 36.9 Å². The third kappa shape index (κ3) is 3.42. The molecule has 22 heavy (non-hydrogen) atoms. The smallest absolute Gasteiger partial charge is 0.220 e. The van der Waals surface area contributed by atoms with Crippen LogP contribution in [-0.4, -0.2) is 28.5 Å². The topological polar surface area (TPSA) is 64.1 Å². The largest absolute Gasteiger partial charge is 0.491 e. The average molecular weight is 297 g/mol. The van der Waals surface area contributed by atoms with Crippen molar-refractivity contribution in [1.82, 2.24) is 15.3 Å². The summed E-state index contributed by atoms with van der Waals surface area (Å²) in [6.45, 7) is 2.57. The van der Waals surface area contributed by atoms with E-state index in [0.717, 1.165) is 28.9 Å². The zero-order valence-corrected chi connectivity index (χ0v) is 12.6. The van der Waals surface area contributed by atoms with Crippen molar-refractivity contribution in [2.24, 2.45) is 0 Å². The number of benzene rings is 1. The molecular formula is C17H19N3O2. The molecule has 0 aliphatic carbocycles. The SMILES string of the molecule is Cc1cccc2c1OCC(NC(=O)CCc1cncnc1)C2. The molecule has 1 aliphatic heterocycles. The van der Waals surface area contributed by atoms with Crippen LogP contribution in [0.3, 0.4) is 0 Å². The van der Waals surface area contributed by atoms with Crippen LogP contribution in [-0.2, 0) is 17.6 Å². The zero-order valence-electron chi connectivity index (χ0n) is 12.6. The van der Waals surface area contributed by atoms with Crippen molar-refractivity contribution in [3.63, 3.8) is 0 Å². The van der Waals surface area contributed by atoms with Crippen LogP contribution in [0.1, 0.15) is 23.1 Å². The first-order valence-electron chi connectivity index (χ1n) is 7.47. The van der Waals surface area contributed by atoms with Crippen molar-refractivity contribution in [3.8, 4) is 5.75 Å². The lowest BCUT2D eigenvalue weighted by Crippen LogP contribution is -2.42. The van der Waals surface area contributed by atoms with Gasteiger partial charge in [-0.15, -0.1) is 0 Å². The van der Waals surface area contributed by atoms with Crippen LogP contribution in [0, 0.1) is 6.92 Å². The molecule has 1 amide bonds. The number of para-hydroxylation sites is 1. The maximum absolute atomic E-state index is 12.1. The Morgan fingerprint density at radius 3 is 3.00 bits per heavy atom. The van der Waals surface area contributed by atoms with Crippen molar-refractivity contribution in [3.05, 3.63) is 53.6 Å². The first kappa shape index (κ1) is 14.5. The summed E-state index contributed by atoms with van der Waals surface area (Å²) >= 11 is 0. The number of rotatable bonds is 4. The van der Waals surface area contributed by atoms with Gasteiger partial charge in [0.25, 0.3) is 0 Å². The molecule has 5 nitrogen and oxygen atoms in total. The molecular weight excluding hydrogens is 278 g/mol. The van der Waals surface area contributed by atoms with Crippen molar-refractivity contribution in [1.29, 1.82) is 0 Å². The van der Waals surface area contributed by atoms with Gasteiger partial charge >= 0.3 is 0 Å². The van der Waals surface area contributed by atoms with Crippen LogP contribution in [0.25, 0.3) is 0 Å². The minimum atomic E-state index is 0.0357. The molecule has 5 heteroatoms. The van der Waals surface area contributed by atoms with Gasteiger partial charge in [-0.05, 0) is 36.5 Å². The van der Waals surface area contributed by atoms with Crippen molar-refractivity contribution < 1.29 is 9.53 Å². The van der Waals surface area contributed by atoms with E-state index in [1.54, 1.807) is 12.4 Å². The Labute approximate surface area is 129 Å². The molecule has 1 atom stereocenters. The molecule has 0 saturated heterocycles. The van der Waals surface area contributed by atoms with E-state index >= 15 is 0 Å². The van der Waals surface area contributed by atoms with E-state index in [-0.39, 0.29) is 11.9 Å². The van der Waals surface area contributed by atoms with E-state index in [1.165, 1.54) is 6.33 Å². The Morgan fingerprint density at radius 1 is 1.36 bits per heavy atom. The highest BCUT2D eigenvalue weighted by Gasteiger charge is 2.22. The zero-order chi connectivity index (χ0) is 15.4. The fourth-order valence-electron chi connectivity index (χ4n) is 2.70. The van der Waals surface area contributed by atoms with E-state index in [1.807, 2.05) is 19.1 Å². The average Bonchev–Trinajstić information content (AvgIpc) is 2.54. The highest BCUT2D eigenvalue weighted by Crippen LogP contribution is 2.28. The Balaban J connectivity index is 1.53. The van der Waals surface area contributed by atoms with Gasteiger partial charge in [0.15, 0.2) is 0 Å². The molecule has 114 valence electrons. The van der Waals surface area contributed by atoms with Crippen molar-refractivity contribution in [2.75, 3.05) is 6.61 Å². The number of carbonyl (C=O) groups is 1. The van der Waals surface area contributed by atoms with Gasteiger partial charge in [-0.1, -0.05) is 18.2 Å². The second-order valence-electron chi connectivity index (χ2n) is 5.59. The monoisotopic (exact) mass is 297 g/mol. The van der Waals surface area contributed by atoms with Crippen LogP contribution in [0.2, 0.25) is 0 Å². The van der Waals surface area contributed by atoms with Gasteiger partial charge in [-0.2, -0.15) is 0 Å². The minimum absolute atomic E-state index is 0.0357. The van der Waals surface area contributed by atoms with Crippen LogP contribution < -0.4 is 10.1 Å². The lowest BCUT2D eigenvalue weighted by Gasteiger charge is -2.27. The van der Waals surface area contributed by atoms with E-state index in [4.69, 9.17) is 4.74 Å². The van der Waals surface area contributed by atoms with E-state index in [2.05, 4.69) is 21.4 Å². The summed E-state index contributed by atoms with van der Waals surface area (Å²) in [6.07, 6.45) is 6.87. The Morgan fingerprint density at radius 2 is 2.18 bits per heavy atom. The number of aromatic nitrogens is 2. The fourth-order valence-corrected chi connectivity index (χ4v) is 2.70. The molecule has 0 bridgehead atoms. The maximum atomic E-state index is 12.1. The quantitative estimate of drug-likeness (QED) is 0.935. The summed E-state index contributed by atoms with van der Waals surface area (Å²) in [5.41, 5.74) is 3.28. The van der Waals surface area contributed by atoms with Gasteiger partial charge in [-0.3, -0.25) is 4.79 Å². The third-order valence-corrected chi connectivity index (χ3v) is 3.81. The van der Waals surface area contributed by atoms with Gasteiger partial charge in [0.05, 0.1) is 6.04 Å². The van der Waals surface area contributed by atoms with Gasteiger partial charge in [0, 0.05) is 18.8 Å². The lowest BCUT2D eigenvalue weighted by atomic mass is 10.00. The number of aryl methyl sites for hydroxylation is 2. The molecule has 1 aromatic heterocycles. The number of carbonyl (C=O) groups excluding carboxylic acids is 1. The minimum Gasteiger partial charge on any atom is -0.491 e. The summed E-state index contributed by atoms with van der Waals surface area (Å²) in [5, 5.41) is 3.04. The third-order valence-electron chi connectivity index (χ3n) is 3.81. The fraction of sp³-hybridized carbons (Fsp3) is 0.353. The number of hydrogen-bond acceptors (Lipinski definition) is 4. The molecule has 0 spiro atoms. The van der Waals surface area contributed by atoms with Gasteiger partial charge in [-0.25, -0.2) is 9.97 Å². The molecule has 0 saturated carbocycles. The number of nitrogens with zero attached hydrogens (tertiary/aromatic N) is 2. The number of fused-ring (bicyclic) bond motifs is 1. The molecule has 0 fully saturated rings. The van der Waals surface area contributed by atoms with E-state index in [0.29, 0.717) is 19.4 Å². The predicted octanol–water partition coefficient (Wildman–Crippen LogP) is 1.84. The van der Waals surface area contributed by atoms with E-state index in [9.17, 15) is 4.79 Å². The summed E-state index contributed by atoms with van der Waals surface area (Å²) < 4.78 is 5.80. The van der Waals surface area contributed by atoms with Gasteiger partial charge in [0.1, 0.15) is 18.7 Å². The molecule has 1 aliphatic rings. The summed E-state index contributed by atoms with van der Waals surface area (Å²) in [7, 11) is 0. The molecule has 2 heterocycles. The molecule has 2 aromatic rings. The Kier molecular flexibility index (Phi) is 4.32. The lowest BCUT2D eigenvalue weighted by molar-refractivity contribution is -0.122. The summed E-state index contributed by atoms with van der Waals surface area (Å²) in [5.74, 6) is 1.00. The standard InChI is InChI=1S/C17H19N3O2/c1-12-3-2-4-14-7-15(10-22-17(12)14)20-16(21)6-5-13-8-18-11-19-9-13/h2-4,8-9,11,15H,5-7,10H2,1H3,(H,20,21). The summed E-state index contributed by atoms with van der Waals surface area (Å²) in [4.78, 5) is 20.0. The first-order valence-corrected chi connectivity index (χ1v) is 7.47. The summed E-state index contributed by atoms with van der Waals surface area (Å²) in [6, 6.07) is 6.16. The van der Waals surface area contributed by atoms with Crippen molar-refractivity contribution >= 4 is 5.91 Å². The van der Waals surface area contributed by atoms with Gasteiger partial charge in [0.2, 0.25) is 5.91 Å². The number of nitrogens with one attached hydrogen (secondary N) is 1. The molecule has 1 unspecified atom stereocenters. The molecule has 1 aromatic carbocycles. The Hall–Kier alpha value is -2.43. The highest BCUT2D eigenvalue weighted by molar-refractivity contribution is 5.76. The second kappa shape index (κ2) is 6.56. The normalized spacial score (nSPS) is 16.5. The van der Waals surface area contributed by atoms with Crippen molar-refractivity contribution in [2.45, 2.75) is 32.2 Å². The second-order valence-corrected chi connectivity index (χ2v) is 5.59. The van der Waals surface area contributed by atoms with Crippen LogP contribution in [0.4, 0.5) is 0 Å². The highest BCUT2D eigenvalue weighted by atomic mass is 16.5. The maximum Gasteiger partial charge on any atom is 0.220 e. The molecule has 3 rings (SSSR count).